The van der Waals surface area contributed by atoms with Gasteiger partial charge in [0.25, 0.3) is 0 Å². The number of hydrogen-bond donors (Lipinski definition) is 0. The first kappa shape index (κ1) is 20.7. The molecule has 1 aromatic heterocycles. The Hall–Kier alpha value is -1.23. The number of aromatic nitrogens is 1. The minimum Gasteiger partial charge on any atom is -0.378 e. The number of ether oxygens (including phenoxy) is 1. The minimum absolute atomic E-state index is 0.0102. The molecule has 0 radical (unpaired) electrons. The average molecular weight is 446 g/mol. The molecule has 0 unspecified atom stereocenters. The van der Waals surface area contributed by atoms with Crippen LogP contribution in [-0.2, 0) is 20.9 Å². The first-order chi connectivity index (χ1) is 14.1. The molecule has 1 saturated carbocycles. The molecule has 3 atom stereocenters. The summed E-state index contributed by atoms with van der Waals surface area (Å²) >= 11 is 0. The van der Waals surface area contributed by atoms with Crippen LogP contribution in [0.25, 0.3) is 0 Å². The van der Waals surface area contributed by atoms with Crippen LogP contribution in [0.3, 0.4) is 0 Å². The third-order valence-corrected chi connectivity index (χ3v) is 9.14. The topological polar surface area (TPSA) is 62.7 Å². The van der Waals surface area contributed by atoms with E-state index in [0.29, 0.717) is 31.0 Å². The summed E-state index contributed by atoms with van der Waals surface area (Å²) < 4.78 is 71.3. The van der Waals surface area contributed by atoms with Crippen molar-refractivity contribution in [2.24, 2.45) is 17.3 Å². The standard InChI is InChI=1S/C20H26F3N3O3S/c1-13-17(4-5-18(24-13)20(21,22)23)30(27,28)26-11-19(12-26)9-25(10-19)7-14-2-3-16-6-15(14)8-29-16/h4-5,14-16H,2-3,6-12H2,1H3/t14-,15+,16-/m0/s1. The van der Waals surface area contributed by atoms with E-state index in [2.05, 4.69) is 9.88 Å². The molecule has 1 aromatic rings. The zero-order chi connectivity index (χ0) is 21.3. The first-order valence-corrected chi connectivity index (χ1v) is 11.9. The lowest BCUT2D eigenvalue weighted by Gasteiger charge is -2.60. The molecule has 166 valence electrons. The number of likely N-dealkylation sites (tertiary alicyclic amines) is 1. The Balaban J connectivity index is 1.18. The van der Waals surface area contributed by atoms with E-state index < -0.39 is 21.9 Å². The van der Waals surface area contributed by atoms with Crippen LogP contribution >= 0.6 is 0 Å². The highest BCUT2D eigenvalue weighted by Gasteiger charge is 2.56. The maximum atomic E-state index is 12.9. The zero-order valence-corrected chi connectivity index (χ0v) is 17.7. The molecule has 1 spiro atoms. The Morgan fingerprint density at radius 1 is 1.20 bits per heavy atom. The quantitative estimate of drug-likeness (QED) is 0.713. The van der Waals surface area contributed by atoms with Gasteiger partial charge in [-0.15, -0.1) is 0 Å². The van der Waals surface area contributed by atoms with Gasteiger partial charge in [-0.2, -0.15) is 17.5 Å². The van der Waals surface area contributed by atoms with Gasteiger partial charge in [-0.1, -0.05) is 0 Å². The van der Waals surface area contributed by atoms with Gasteiger partial charge in [0.2, 0.25) is 10.0 Å². The lowest BCUT2D eigenvalue weighted by Crippen LogP contribution is -2.73. The molecule has 30 heavy (non-hydrogen) atoms. The summed E-state index contributed by atoms with van der Waals surface area (Å²) in [5, 5.41) is 0. The summed E-state index contributed by atoms with van der Waals surface area (Å²) in [6.45, 7) is 5.85. The van der Waals surface area contributed by atoms with E-state index in [0.717, 1.165) is 44.8 Å². The third kappa shape index (κ3) is 3.45. The van der Waals surface area contributed by atoms with Gasteiger partial charge in [0, 0.05) is 38.1 Å². The van der Waals surface area contributed by atoms with Crippen LogP contribution in [0, 0.1) is 24.2 Å². The van der Waals surface area contributed by atoms with Crippen molar-refractivity contribution in [2.45, 2.75) is 43.4 Å². The summed E-state index contributed by atoms with van der Waals surface area (Å²) in [6, 6.07) is 1.76. The Morgan fingerprint density at radius 2 is 1.93 bits per heavy atom. The van der Waals surface area contributed by atoms with Gasteiger partial charge in [0.05, 0.1) is 18.4 Å². The highest BCUT2D eigenvalue weighted by Crippen LogP contribution is 2.45. The molecule has 10 heteroatoms. The maximum absolute atomic E-state index is 12.9. The number of halogens is 3. The van der Waals surface area contributed by atoms with Gasteiger partial charge in [-0.25, -0.2) is 13.4 Å². The Kier molecular flexibility index (Phi) is 4.74. The van der Waals surface area contributed by atoms with E-state index in [1.54, 1.807) is 0 Å². The number of alkyl halides is 3. The van der Waals surface area contributed by atoms with E-state index in [1.165, 1.54) is 24.1 Å². The number of rotatable bonds is 4. The molecular weight excluding hydrogens is 419 g/mol. The molecule has 2 bridgehead atoms. The highest BCUT2D eigenvalue weighted by molar-refractivity contribution is 7.89. The number of sulfonamides is 1. The van der Waals surface area contributed by atoms with E-state index >= 15 is 0 Å². The number of nitrogens with zero attached hydrogens (tertiary/aromatic N) is 3. The fourth-order valence-corrected chi connectivity index (χ4v) is 7.52. The fraction of sp³-hybridized carbons (Fsp3) is 0.750. The van der Waals surface area contributed by atoms with E-state index in [-0.39, 0.29) is 16.0 Å². The molecule has 0 N–H and O–H groups in total. The second-order valence-corrected chi connectivity index (χ2v) is 11.4. The predicted molar refractivity (Wildman–Crippen MR) is 102 cm³/mol. The van der Waals surface area contributed by atoms with Crippen molar-refractivity contribution in [3.8, 4) is 0 Å². The Labute approximate surface area is 174 Å². The molecule has 5 rings (SSSR count). The molecule has 1 aliphatic carbocycles. The zero-order valence-electron chi connectivity index (χ0n) is 16.9. The lowest BCUT2D eigenvalue weighted by atomic mass is 9.72. The van der Waals surface area contributed by atoms with E-state index in [9.17, 15) is 21.6 Å². The van der Waals surface area contributed by atoms with Gasteiger partial charge < -0.3 is 9.64 Å². The summed E-state index contributed by atoms with van der Waals surface area (Å²) in [6.07, 6.45) is -0.599. The van der Waals surface area contributed by atoms with Gasteiger partial charge in [-0.05, 0) is 50.2 Å². The van der Waals surface area contributed by atoms with Gasteiger partial charge >= 0.3 is 6.18 Å². The molecule has 4 heterocycles. The molecule has 6 nitrogen and oxygen atoms in total. The predicted octanol–water partition coefficient (Wildman–Crippen LogP) is 2.53. The van der Waals surface area contributed by atoms with Crippen LogP contribution in [0.5, 0.6) is 0 Å². The molecule has 4 aliphatic rings. The average Bonchev–Trinajstić information content (AvgIpc) is 2.98. The highest BCUT2D eigenvalue weighted by atomic mass is 32.2. The minimum atomic E-state index is -4.59. The maximum Gasteiger partial charge on any atom is 0.433 e. The van der Waals surface area contributed by atoms with Crippen molar-refractivity contribution < 1.29 is 26.3 Å². The lowest BCUT2D eigenvalue weighted by molar-refractivity contribution is -0.141. The normalized spacial score (nSPS) is 31.5. The largest absolute Gasteiger partial charge is 0.433 e. The van der Waals surface area contributed by atoms with Gasteiger partial charge in [0.15, 0.2) is 0 Å². The van der Waals surface area contributed by atoms with Crippen molar-refractivity contribution >= 4 is 10.0 Å². The van der Waals surface area contributed by atoms with Crippen LogP contribution in [0.1, 0.15) is 30.7 Å². The van der Waals surface area contributed by atoms with Crippen molar-refractivity contribution in [3.63, 3.8) is 0 Å². The van der Waals surface area contributed by atoms with Gasteiger partial charge in [-0.3, -0.25) is 0 Å². The Bertz CT molecular complexity index is 938. The summed E-state index contributed by atoms with van der Waals surface area (Å²) in [5.41, 5.74) is -1.20. The molecule has 4 fully saturated rings. The second kappa shape index (κ2) is 6.88. The third-order valence-electron chi connectivity index (χ3n) is 7.22. The van der Waals surface area contributed by atoms with Crippen LogP contribution in [0.4, 0.5) is 13.2 Å². The van der Waals surface area contributed by atoms with E-state index in [1.807, 2.05) is 0 Å². The van der Waals surface area contributed by atoms with Crippen molar-refractivity contribution in [2.75, 3.05) is 39.3 Å². The molecule has 3 aliphatic heterocycles. The molecule has 0 aromatic carbocycles. The number of hydrogen-bond acceptors (Lipinski definition) is 5. The molecule has 0 amide bonds. The van der Waals surface area contributed by atoms with Gasteiger partial charge in [0.1, 0.15) is 10.6 Å². The summed E-state index contributed by atoms with van der Waals surface area (Å²) in [5.74, 6) is 1.33. The summed E-state index contributed by atoms with van der Waals surface area (Å²) in [7, 11) is -3.83. The van der Waals surface area contributed by atoms with Crippen LogP contribution in [0.15, 0.2) is 17.0 Å². The fourth-order valence-electron chi connectivity index (χ4n) is 5.69. The molecule has 3 saturated heterocycles. The smallest absolute Gasteiger partial charge is 0.378 e. The monoisotopic (exact) mass is 445 g/mol. The summed E-state index contributed by atoms with van der Waals surface area (Å²) in [4.78, 5) is 5.74. The second-order valence-electron chi connectivity index (χ2n) is 9.51. The van der Waals surface area contributed by atoms with Crippen LogP contribution < -0.4 is 0 Å². The number of aryl methyl sites for hydroxylation is 1. The number of fused-ring (bicyclic) bond motifs is 2. The van der Waals surface area contributed by atoms with Crippen molar-refractivity contribution in [1.82, 2.24) is 14.2 Å². The van der Waals surface area contributed by atoms with Crippen molar-refractivity contribution in [3.05, 3.63) is 23.5 Å². The van der Waals surface area contributed by atoms with Crippen molar-refractivity contribution in [1.29, 1.82) is 0 Å². The SMILES string of the molecule is Cc1nc(C(F)(F)F)ccc1S(=O)(=O)N1CC2(CN(C[C@@H]3CC[C@H]4C[C@@H]3CO4)C2)C1. The molecular formula is C20H26F3N3O3S. The number of pyridine rings is 1. The van der Waals surface area contributed by atoms with Crippen LogP contribution in [0.2, 0.25) is 0 Å². The first-order valence-electron chi connectivity index (χ1n) is 10.4. The van der Waals surface area contributed by atoms with E-state index in [4.69, 9.17) is 4.74 Å². The Morgan fingerprint density at radius 3 is 2.60 bits per heavy atom. The van der Waals surface area contributed by atoms with Crippen LogP contribution in [-0.4, -0.2) is 68.0 Å².